The zero-order chi connectivity index (χ0) is 25.1. The monoisotopic (exact) mass is 484 g/mol. The van der Waals surface area contributed by atoms with Crippen LogP contribution in [0.25, 0.3) is 10.9 Å². The first-order valence-corrected chi connectivity index (χ1v) is 10.1. The van der Waals surface area contributed by atoms with Gasteiger partial charge in [-0.3, -0.25) is 9.48 Å². The molecule has 0 aliphatic rings. The summed E-state index contributed by atoms with van der Waals surface area (Å²) in [4.78, 5) is 21.0. The summed E-state index contributed by atoms with van der Waals surface area (Å²) in [6, 6.07) is 7.96. The number of halogens is 4. The number of amides is 2. The highest BCUT2D eigenvalue weighted by Crippen LogP contribution is 2.31. The topological polar surface area (TPSA) is 113 Å². The molecule has 1 aromatic heterocycles. The number of carbonyl (C=O) groups excluding carboxylic acids is 2. The SMILES string of the molecule is CC(C)(C)OC(N)=O.Cc1nn(Cc2c(F)cccc2Cl)c2cc(C(F)(F)C(N)=O)ccc12. The van der Waals surface area contributed by atoms with Gasteiger partial charge in [-0.2, -0.15) is 13.9 Å². The third-order valence-electron chi connectivity index (χ3n) is 4.38. The van der Waals surface area contributed by atoms with Crippen LogP contribution in [0.15, 0.2) is 36.4 Å². The lowest BCUT2D eigenvalue weighted by Crippen LogP contribution is -2.32. The average Bonchev–Trinajstić information content (AvgIpc) is 2.98. The number of carbonyl (C=O) groups is 2. The standard InChI is InChI=1S/C17H13ClF3N3O.C5H11NO2/c1-9-11-6-5-10(17(20,21)16(22)25)7-15(11)24(23-9)8-12-13(18)3-2-4-14(12)19;1-5(2,3)8-4(6)7/h2-7H,8H2,1H3,(H2,22,25);1-3H3,(H2,6,7). The molecule has 0 spiro atoms. The lowest BCUT2D eigenvalue weighted by atomic mass is 10.1. The first kappa shape index (κ1) is 26.0. The van der Waals surface area contributed by atoms with E-state index in [1.165, 1.54) is 28.9 Å². The Labute approximate surface area is 193 Å². The van der Waals surface area contributed by atoms with Crippen LogP contribution in [0, 0.1) is 12.7 Å². The Kier molecular flexibility index (Phi) is 7.64. The molecule has 0 atom stereocenters. The highest BCUT2D eigenvalue weighted by Gasteiger charge is 2.39. The second-order valence-corrected chi connectivity index (χ2v) is 8.55. The van der Waals surface area contributed by atoms with Gasteiger partial charge in [-0.05, 0) is 45.9 Å². The third-order valence-corrected chi connectivity index (χ3v) is 4.74. The van der Waals surface area contributed by atoms with Gasteiger partial charge in [0.15, 0.2) is 0 Å². The highest BCUT2D eigenvalue weighted by atomic mass is 35.5. The van der Waals surface area contributed by atoms with Crippen LogP contribution in [0.1, 0.15) is 37.6 Å². The molecule has 0 saturated heterocycles. The number of hydrogen-bond donors (Lipinski definition) is 2. The lowest BCUT2D eigenvalue weighted by molar-refractivity contribution is -0.143. The molecule has 7 nitrogen and oxygen atoms in total. The van der Waals surface area contributed by atoms with Crippen LogP contribution in [0.3, 0.4) is 0 Å². The molecule has 0 aliphatic heterocycles. The van der Waals surface area contributed by atoms with Gasteiger partial charge in [-0.25, -0.2) is 9.18 Å². The summed E-state index contributed by atoms with van der Waals surface area (Å²) in [7, 11) is 0. The molecule has 0 radical (unpaired) electrons. The van der Waals surface area contributed by atoms with E-state index in [-0.39, 0.29) is 17.1 Å². The second-order valence-electron chi connectivity index (χ2n) is 8.15. The number of primary amides is 2. The molecule has 4 N–H and O–H groups in total. The molecule has 3 rings (SSSR count). The third kappa shape index (κ3) is 6.38. The predicted molar refractivity (Wildman–Crippen MR) is 118 cm³/mol. The van der Waals surface area contributed by atoms with E-state index in [0.717, 1.165) is 12.1 Å². The van der Waals surface area contributed by atoms with Crippen molar-refractivity contribution in [3.63, 3.8) is 0 Å². The van der Waals surface area contributed by atoms with Gasteiger partial charge < -0.3 is 16.2 Å². The number of hydrogen-bond acceptors (Lipinski definition) is 4. The highest BCUT2D eigenvalue weighted by molar-refractivity contribution is 6.31. The van der Waals surface area contributed by atoms with Crippen LogP contribution in [-0.2, 0) is 22.0 Å². The van der Waals surface area contributed by atoms with Crippen LogP contribution in [0.5, 0.6) is 0 Å². The van der Waals surface area contributed by atoms with Crippen molar-refractivity contribution in [3.05, 3.63) is 64.1 Å². The zero-order valence-electron chi connectivity index (χ0n) is 18.5. The summed E-state index contributed by atoms with van der Waals surface area (Å²) in [6.07, 6.45) is -0.725. The maximum Gasteiger partial charge on any atom is 0.405 e. The summed E-state index contributed by atoms with van der Waals surface area (Å²) >= 11 is 6.02. The normalized spacial score (nSPS) is 11.6. The van der Waals surface area contributed by atoms with Gasteiger partial charge in [0.25, 0.3) is 5.91 Å². The number of benzene rings is 2. The summed E-state index contributed by atoms with van der Waals surface area (Å²) in [5.41, 5.74) is 9.60. The Morgan fingerprint density at radius 3 is 2.27 bits per heavy atom. The minimum atomic E-state index is -3.81. The van der Waals surface area contributed by atoms with Gasteiger partial charge in [0.05, 0.1) is 17.8 Å². The molecule has 2 aromatic carbocycles. The Morgan fingerprint density at radius 1 is 1.15 bits per heavy atom. The van der Waals surface area contributed by atoms with Gasteiger partial charge in [0.1, 0.15) is 11.4 Å². The smallest absolute Gasteiger partial charge is 0.405 e. The molecular formula is C22H24ClF3N4O3. The van der Waals surface area contributed by atoms with Crippen LogP contribution >= 0.6 is 11.6 Å². The number of aryl methyl sites for hydroxylation is 1. The molecule has 1 heterocycles. The number of nitrogens with zero attached hydrogens (tertiary/aromatic N) is 2. The number of nitrogens with two attached hydrogens (primary N) is 2. The van der Waals surface area contributed by atoms with E-state index in [4.69, 9.17) is 23.1 Å². The van der Waals surface area contributed by atoms with E-state index in [1.807, 2.05) is 0 Å². The van der Waals surface area contributed by atoms with E-state index in [9.17, 15) is 22.8 Å². The van der Waals surface area contributed by atoms with E-state index >= 15 is 0 Å². The molecule has 0 bridgehead atoms. The summed E-state index contributed by atoms with van der Waals surface area (Å²) < 4.78 is 47.8. The second kappa shape index (κ2) is 9.70. The minimum Gasteiger partial charge on any atom is -0.444 e. The summed E-state index contributed by atoms with van der Waals surface area (Å²) in [5, 5.41) is 5.08. The predicted octanol–water partition coefficient (Wildman–Crippen LogP) is 4.64. The lowest BCUT2D eigenvalue weighted by Gasteiger charge is -2.16. The van der Waals surface area contributed by atoms with E-state index in [1.54, 1.807) is 27.7 Å². The number of aromatic nitrogens is 2. The van der Waals surface area contributed by atoms with Crippen molar-refractivity contribution in [2.75, 3.05) is 0 Å². The number of ether oxygens (including phenoxy) is 1. The van der Waals surface area contributed by atoms with E-state index < -0.39 is 34.9 Å². The average molecular weight is 485 g/mol. The molecule has 0 saturated carbocycles. The van der Waals surface area contributed by atoms with Crippen molar-refractivity contribution >= 4 is 34.5 Å². The maximum absolute atomic E-state index is 14.0. The maximum atomic E-state index is 14.0. The Hall–Kier alpha value is -3.27. The van der Waals surface area contributed by atoms with Gasteiger partial charge in [-0.15, -0.1) is 0 Å². The molecule has 3 aromatic rings. The fraction of sp³-hybridized carbons (Fsp3) is 0.318. The van der Waals surface area contributed by atoms with Crippen LogP contribution in [-0.4, -0.2) is 27.4 Å². The van der Waals surface area contributed by atoms with Crippen molar-refractivity contribution < 1.29 is 27.5 Å². The Morgan fingerprint density at radius 2 is 1.79 bits per heavy atom. The quantitative estimate of drug-likeness (QED) is 0.561. The van der Waals surface area contributed by atoms with Gasteiger partial charge in [-0.1, -0.05) is 29.8 Å². The van der Waals surface area contributed by atoms with Gasteiger partial charge >= 0.3 is 12.0 Å². The van der Waals surface area contributed by atoms with Crippen molar-refractivity contribution in [2.45, 2.75) is 45.8 Å². The van der Waals surface area contributed by atoms with E-state index in [0.29, 0.717) is 16.6 Å². The Balaban J connectivity index is 0.000000414. The van der Waals surface area contributed by atoms with Crippen molar-refractivity contribution in [1.29, 1.82) is 0 Å². The largest absolute Gasteiger partial charge is 0.444 e. The number of fused-ring (bicyclic) bond motifs is 1. The molecule has 33 heavy (non-hydrogen) atoms. The van der Waals surface area contributed by atoms with Crippen molar-refractivity contribution in [2.24, 2.45) is 11.5 Å². The van der Waals surface area contributed by atoms with E-state index in [2.05, 4.69) is 9.84 Å². The zero-order valence-corrected chi connectivity index (χ0v) is 19.2. The molecule has 11 heteroatoms. The molecule has 0 unspecified atom stereocenters. The Bertz CT molecular complexity index is 1170. The van der Waals surface area contributed by atoms with Crippen LogP contribution < -0.4 is 11.5 Å². The van der Waals surface area contributed by atoms with Crippen molar-refractivity contribution in [1.82, 2.24) is 9.78 Å². The van der Waals surface area contributed by atoms with Crippen molar-refractivity contribution in [3.8, 4) is 0 Å². The number of alkyl halides is 2. The van der Waals surface area contributed by atoms with Crippen LogP contribution in [0.2, 0.25) is 5.02 Å². The molecule has 0 fully saturated rings. The van der Waals surface area contributed by atoms with Gasteiger partial charge in [0, 0.05) is 21.5 Å². The summed E-state index contributed by atoms with van der Waals surface area (Å²) in [5.74, 6) is -6.08. The first-order valence-electron chi connectivity index (χ1n) is 9.70. The molecular weight excluding hydrogens is 461 g/mol. The van der Waals surface area contributed by atoms with Crippen LogP contribution in [0.4, 0.5) is 18.0 Å². The number of rotatable bonds is 4. The molecule has 2 amide bonds. The fourth-order valence-corrected chi connectivity index (χ4v) is 3.16. The van der Waals surface area contributed by atoms with Gasteiger partial charge in [0.2, 0.25) is 0 Å². The molecule has 0 aliphatic carbocycles. The molecule has 178 valence electrons. The minimum absolute atomic E-state index is 0.0402. The summed E-state index contributed by atoms with van der Waals surface area (Å²) in [6.45, 7) is 6.95. The first-order chi connectivity index (χ1) is 15.1. The fourth-order valence-electron chi connectivity index (χ4n) is 2.93.